The van der Waals surface area contributed by atoms with Crippen LogP contribution in [0.15, 0.2) is 30.3 Å². The van der Waals surface area contributed by atoms with E-state index < -0.39 is 29.5 Å². The molecule has 0 heterocycles. The van der Waals surface area contributed by atoms with E-state index in [4.69, 9.17) is 5.11 Å². The number of alkyl halides is 6. The highest BCUT2D eigenvalue weighted by molar-refractivity contribution is 5.89. The van der Waals surface area contributed by atoms with Crippen LogP contribution in [0.2, 0.25) is 0 Å². The normalized spacial score (nSPS) is 14.1. The quantitative estimate of drug-likeness (QED) is 0.660. The zero-order chi connectivity index (χ0) is 17.3. The van der Waals surface area contributed by atoms with E-state index in [1.807, 2.05) is 0 Å². The molecule has 1 aromatic rings. The Bertz CT molecular complexity index is 569. The number of aliphatic hydroxyl groups is 1. The maximum Gasteiger partial charge on any atom is 0.430 e. The Labute approximate surface area is 120 Å². The highest BCUT2D eigenvalue weighted by atomic mass is 19.4. The molecule has 0 amide bonds. The van der Waals surface area contributed by atoms with Gasteiger partial charge in [-0.25, -0.2) is 4.79 Å². The molecule has 3 nitrogen and oxygen atoms in total. The lowest BCUT2D eigenvalue weighted by Gasteiger charge is -2.32. The molecule has 122 valence electrons. The van der Waals surface area contributed by atoms with Gasteiger partial charge in [0.05, 0.1) is 0 Å². The Morgan fingerprint density at radius 2 is 1.41 bits per heavy atom. The molecule has 0 aliphatic carbocycles. The van der Waals surface area contributed by atoms with Crippen LogP contribution in [0.1, 0.15) is 18.1 Å². The Morgan fingerprint density at radius 1 is 1.00 bits per heavy atom. The molecule has 0 saturated carbocycles. The van der Waals surface area contributed by atoms with Crippen molar-refractivity contribution >= 4 is 11.5 Å². The van der Waals surface area contributed by atoms with Crippen molar-refractivity contribution in [2.75, 3.05) is 0 Å². The third kappa shape index (κ3) is 3.24. The lowest BCUT2D eigenvalue weighted by molar-refractivity contribution is -0.376. The molecular weight excluding hydrogens is 318 g/mol. The predicted octanol–water partition coefficient (Wildman–Crippen LogP) is 3.49. The molecule has 0 bridgehead atoms. The van der Waals surface area contributed by atoms with Gasteiger partial charge in [0.2, 0.25) is 0 Å². The maximum absolute atomic E-state index is 12.7. The first-order valence-electron chi connectivity index (χ1n) is 5.68. The van der Waals surface area contributed by atoms with Crippen molar-refractivity contribution in [1.82, 2.24) is 0 Å². The Balaban J connectivity index is 3.35. The van der Waals surface area contributed by atoms with Gasteiger partial charge < -0.3 is 10.2 Å². The van der Waals surface area contributed by atoms with E-state index in [1.54, 1.807) is 0 Å². The average Bonchev–Trinajstić information content (AvgIpc) is 2.34. The summed E-state index contributed by atoms with van der Waals surface area (Å²) in [5.41, 5.74) is -6.16. The van der Waals surface area contributed by atoms with Gasteiger partial charge in [0.1, 0.15) is 0 Å². The number of rotatable bonds is 3. The molecule has 0 unspecified atom stereocenters. The lowest BCUT2D eigenvalue weighted by Crippen LogP contribution is -2.53. The molecule has 0 aromatic heterocycles. The minimum absolute atomic E-state index is 0.109. The minimum Gasteiger partial charge on any atom is -0.478 e. The minimum atomic E-state index is -5.96. The van der Waals surface area contributed by atoms with E-state index in [-0.39, 0.29) is 11.1 Å². The summed E-state index contributed by atoms with van der Waals surface area (Å²) in [4.78, 5) is 10.5. The number of carboxylic acid groups (broad SMARTS) is 1. The van der Waals surface area contributed by atoms with Gasteiger partial charge in [-0.3, -0.25) is 0 Å². The number of carboxylic acids is 1. The topological polar surface area (TPSA) is 57.5 Å². The van der Waals surface area contributed by atoms with Crippen molar-refractivity contribution in [2.45, 2.75) is 24.9 Å². The van der Waals surface area contributed by atoms with Crippen LogP contribution in [-0.4, -0.2) is 28.5 Å². The standard InChI is InChI=1S/C13H10F6O3/c1-7(6-10(20)21)8-2-4-9(5-3-8)11(22,12(14,15)16)13(17,18)19/h2-6,22H,1H3,(H,20,21)/b7-6-. The monoisotopic (exact) mass is 328 g/mol. The van der Waals surface area contributed by atoms with Crippen LogP contribution in [-0.2, 0) is 10.4 Å². The predicted molar refractivity (Wildman–Crippen MR) is 63.7 cm³/mol. The van der Waals surface area contributed by atoms with Gasteiger partial charge in [0.25, 0.3) is 5.60 Å². The summed E-state index contributed by atoms with van der Waals surface area (Å²) >= 11 is 0. The first kappa shape index (κ1) is 18.0. The molecule has 22 heavy (non-hydrogen) atoms. The van der Waals surface area contributed by atoms with Gasteiger partial charge in [-0.1, -0.05) is 24.3 Å². The zero-order valence-corrected chi connectivity index (χ0v) is 11.0. The average molecular weight is 328 g/mol. The number of carbonyl (C=O) groups is 1. The summed E-state index contributed by atoms with van der Waals surface area (Å²) < 4.78 is 75.9. The van der Waals surface area contributed by atoms with E-state index >= 15 is 0 Å². The number of allylic oxidation sites excluding steroid dienone is 1. The maximum atomic E-state index is 12.7. The number of benzene rings is 1. The molecule has 0 radical (unpaired) electrons. The number of aliphatic carboxylic acids is 1. The second-order valence-corrected chi connectivity index (χ2v) is 4.45. The van der Waals surface area contributed by atoms with Crippen molar-refractivity contribution in [3.8, 4) is 0 Å². The van der Waals surface area contributed by atoms with Crippen LogP contribution in [0.5, 0.6) is 0 Å². The first-order valence-corrected chi connectivity index (χ1v) is 5.68. The SMILES string of the molecule is C/C(=C/C(=O)O)c1ccc(C(O)(C(F)(F)F)C(F)(F)F)cc1. The highest BCUT2D eigenvalue weighted by Gasteiger charge is 2.71. The van der Waals surface area contributed by atoms with Gasteiger partial charge in [-0.2, -0.15) is 26.3 Å². The fraction of sp³-hybridized carbons (Fsp3) is 0.308. The van der Waals surface area contributed by atoms with Crippen LogP contribution in [0.25, 0.3) is 5.57 Å². The number of hydrogen-bond donors (Lipinski definition) is 2. The van der Waals surface area contributed by atoms with Gasteiger partial charge in [0, 0.05) is 11.6 Å². The Morgan fingerprint density at radius 3 is 1.73 bits per heavy atom. The van der Waals surface area contributed by atoms with Crippen LogP contribution in [0.4, 0.5) is 26.3 Å². The summed E-state index contributed by atoms with van der Waals surface area (Å²) in [5.74, 6) is -1.32. The van der Waals surface area contributed by atoms with Crippen molar-refractivity contribution in [2.24, 2.45) is 0 Å². The third-order valence-electron chi connectivity index (χ3n) is 2.92. The highest BCUT2D eigenvalue weighted by Crippen LogP contribution is 2.50. The molecule has 2 N–H and O–H groups in total. The molecule has 0 spiro atoms. The number of hydrogen-bond acceptors (Lipinski definition) is 2. The third-order valence-corrected chi connectivity index (χ3v) is 2.92. The van der Waals surface area contributed by atoms with E-state index in [0.717, 1.165) is 18.2 Å². The Kier molecular flexibility index (Phi) is 4.62. The fourth-order valence-corrected chi connectivity index (χ4v) is 1.73. The zero-order valence-electron chi connectivity index (χ0n) is 11.0. The van der Waals surface area contributed by atoms with Crippen LogP contribution < -0.4 is 0 Å². The Hall–Kier alpha value is -2.03. The van der Waals surface area contributed by atoms with Gasteiger partial charge >= 0.3 is 18.3 Å². The molecule has 9 heteroatoms. The number of halogens is 6. The van der Waals surface area contributed by atoms with Crippen LogP contribution >= 0.6 is 0 Å². The summed E-state index contributed by atoms with van der Waals surface area (Å²) in [7, 11) is 0. The fourth-order valence-electron chi connectivity index (χ4n) is 1.73. The molecule has 0 atom stereocenters. The second-order valence-electron chi connectivity index (χ2n) is 4.45. The molecule has 0 fully saturated rings. The van der Waals surface area contributed by atoms with Crippen molar-refractivity contribution in [1.29, 1.82) is 0 Å². The molecule has 1 rings (SSSR count). The molecular formula is C13H10F6O3. The largest absolute Gasteiger partial charge is 0.478 e. The summed E-state index contributed by atoms with van der Waals surface area (Å²) in [6.07, 6.45) is -11.2. The van der Waals surface area contributed by atoms with Gasteiger partial charge in [0.15, 0.2) is 0 Å². The van der Waals surface area contributed by atoms with E-state index in [0.29, 0.717) is 12.1 Å². The first-order chi connectivity index (χ1) is 9.80. The van der Waals surface area contributed by atoms with Gasteiger partial charge in [-0.05, 0) is 18.1 Å². The van der Waals surface area contributed by atoms with Crippen molar-refractivity contribution in [3.63, 3.8) is 0 Å². The molecule has 1 aromatic carbocycles. The van der Waals surface area contributed by atoms with Crippen molar-refractivity contribution < 1.29 is 41.4 Å². The smallest absolute Gasteiger partial charge is 0.430 e. The van der Waals surface area contributed by atoms with Crippen molar-refractivity contribution in [3.05, 3.63) is 41.5 Å². The summed E-state index contributed by atoms with van der Waals surface area (Å²) in [6.45, 7) is 1.32. The second kappa shape index (κ2) is 5.64. The van der Waals surface area contributed by atoms with E-state index in [2.05, 4.69) is 0 Å². The molecule has 0 saturated heterocycles. The van der Waals surface area contributed by atoms with Crippen LogP contribution in [0, 0.1) is 0 Å². The van der Waals surface area contributed by atoms with E-state index in [1.165, 1.54) is 6.92 Å². The molecule has 0 aliphatic heterocycles. The summed E-state index contributed by atoms with van der Waals surface area (Å²) in [6, 6.07) is 2.64. The van der Waals surface area contributed by atoms with Crippen LogP contribution in [0.3, 0.4) is 0 Å². The molecule has 0 aliphatic rings. The van der Waals surface area contributed by atoms with E-state index in [9.17, 15) is 36.2 Å². The lowest BCUT2D eigenvalue weighted by atomic mass is 9.91. The van der Waals surface area contributed by atoms with Gasteiger partial charge in [-0.15, -0.1) is 0 Å². The summed E-state index contributed by atoms with van der Waals surface area (Å²) in [5, 5.41) is 17.7.